The van der Waals surface area contributed by atoms with E-state index in [1.165, 1.54) is 15.9 Å². The minimum atomic E-state index is -1.02. The number of halogens is 2. The van der Waals surface area contributed by atoms with Crippen LogP contribution in [0.3, 0.4) is 0 Å². The van der Waals surface area contributed by atoms with Crippen molar-refractivity contribution in [2.24, 2.45) is 0 Å². The summed E-state index contributed by atoms with van der Waals surface area (Å²) in [6, 6.07) is 0. The van der Waals surface area contributed by atoms with Crippen LogP contribution in [0.4, 0.5) is 0 Å². The average Bonchev–Trinajstić information content (AvgIpc) is 2.56. The van der Waals surface area contributed by atoms with Crippen molar-refractivity contribution in [2.75, 3.05) is 11.8 Å². The quantitative estimate of drug-likeness (QED) is 0.506. The standard InChI is InChI=1S/C5H5.2C2H4Cl.Ti/c1-2-4-5-3-1;2*1-2-3;/h1-3H,4H2;2*1-2H2;. The molecule has 1 aliphatic carbocycles. The van der Waals surface area contributed by atoms with Gasteiger partial charge in [-0.1, -0.05) is 0 Å². The first-order valence-corrected chi connectivity index (χ1v) is 8.27. The van der Waals surface area contributed by atoms with Crippen LogP contribution in [0.15, 0.2) is 22.1 Å². The van der Waals surface area contributed by atoms with Crippen LogP contribution in [0, 0.1) is 0 Å². The van der Waals surface area contributed by atoms with Crippen molar-refractivity contribution < 1.29 is 17.9 Å². The molecule has 0 saturated heterocycles. The van der Waals surface area contributed by atoms with Crippen molar-refractivity contribution in [3.8, 4) is 0 Å². The van der Waals surface area contributed by atoms with Gasteiger partial charge in [0.1, 0.15) is 0 Å². The van der Waals surface area contributed by atoms with Crippen molar-refractivity contribution in [3.63, 3.8) is 0 Å². The first-order valence-electron chi connectivity index (χ1n) is 4.21. The predicted octanol–water partition coefficient (Wildman–Crippen LogP) is 3.76. The Morgan fingerprint density at radius 1 is 1.25 bits per heavy atom. The molecule has 0 bridgehead atoms. The van der Waals surface area contributed by atoms with Gasteiger partial charge in [0.25, 0.3) is 0 Å². The van der Waals surface area contributed by atoms with Gasteiger partial charge in [-0.05, 0) is 0 Å². The van der Waals surface area contributed by atoms with Gasteiger partial charge in [-0.3, -0.25) is 0 Å². The molecule has 67 valence electrons. The van der Waals surface area contributed by atoms with E-state index >= 15 is 0 Å². The zero-order valence-electron chi connectivity index (χ0n) is 7.02. The molecule has 12 heavy (non-hydrogen) atoms. The summed E-state index contributed by atoms with van der Waals surface area (Å²) in [7, 11) is 0. The van der Waals surface area contributed by atoms with Crippen molar-refractivity contribution in [3.05, 3.63) is 22.1 Å². The Morgan fingerprint density at radius 2 is 1.92 bits per heavy atom. The summed E-state index contributed by atoms with van der Waals surface area (Å²) in [6.45, 7) is 0. The SMILES string of the molecule is ClC[CH2][Ti]([CH2]CCl)[C]1=CC=CC1. The molecule has 0 atom stereocenters. The van der Waals surface area contributed by atoms with Crippen LogP contribution in [0.2, 0.25) is 9.45 Å². The number of allylic oxidation sites excluding steroid dienone is 4. The van der Waals surface area contributed by atoms with Crippen LogP contribution in [0.25, 0.3) is 0 Å². The summed E-state index contributed by atoms with van der Waals surface area (Å²) in [6.07, 6.45) is 7.83. The summed E-state index contributed by atoms with van der Waals surface area (Å²) in [5, 5.41) is 0. The minimum absolute atomic E-state index is 0.809. The van der Waals surface area contributed by atoms with E-state index in [-0.39, 0.29) is 0 Å². The predicted molar refractivity (Wildman–Crippen MR) is 52.9 cm³/mol. The van der Waals surface area contributed by atoms with E-state index in [0.717, 1.165) is 11.8 Å². The van der Waals surface area contributed by atoms with Crippen molar-refractivity contribution in [1.29, 1.82) is 0 Å². The Kier molecular flexibility index (Phi) is 5.66. The molecule has 0 N–H and O–H groups in total. The molecule has 0 nitrogen and oxygen atoms in total. The van der Waals surface area contributed by atoms with Gasteiger partial charge in [0.15, 0.2) is 0 Å². The molecule has 0 saturated carbocycles. The molecule has 0 amide bonds. The molecule has 1 aliphatic rings. The van der Waals surface area contributed by atoms with Crippen LogP contribution < -0.4 is 0 Å². The third-order valence-electron chi connectivity index (χ3n) is 2.02. The molecule has 0 heterocycles. The van der Waals surface area contributed by atoms with Gasteiger partial charge in [0.2, 0.25) is 0 Å². The topological polar surface area (TPSA) is 0 Å². The summed E-state index contributed by atoms with van der Waals surface area (Å²) in [5.41, 5.74) is 0. The Morgan fingerprint density at radius 3 is 2.33 bits per heavy atom. The molecular formula is C9H13Cl2Ti. The van der Waals surface area contributed by atoms with Gasteiger partial charge < -0.3 is 0 Å². The molecule has 1 rings (SSSR count). The van der Waals surface area contributed by atoms with Gasteiger partial charge in [0.05, 0.1) is 0 Å². The van der Waals surface area contributed by atoms with E-state index < -0.39 is 17.9 Å². The van der Waals surface area contributed by atoms with Crippen LogP contribution in [0.1, 0.15) is 6.42 Å². The summed E-state index contributed by atoms with van der Waals surface area (Å²) in [5.74, 6) is 1.62. The molecule has 0 spiro atoms. The molecule has 3 heteroatoms. The number of hydrogen-bond acceptors (Lipinski definition) is 0. The molecule has 0 aromatic rings. The zero-order chi connectivity index (χ0) is 8.81. The van der Waals surface area contributed by atoms with E-state index in [0.29, 0.717) is 0 Å². The Balaban J connectivity index is 2.41. The summed E-state index contributed by atoms with van der Waals surface area (Å²) in [4.78, 5) is 0. The van der Waals surface area contributed by atoms with E-state index in [4.69, 9.17) is 23.2 Å². The van der Waals surface area contributed by atoms with Gasteiger partial charge >= 0.3 is 90.8 Å². The second-order valence-corrected chi connectivity index (χ2v) is 8.01. The molecule has 0 unspecified atom stereocenters. The first-order chi connectivity index (χ1) is 5.88. The van der Waals surface area contributed by atoms with Crippen molar-refractivity contribution >= 4 is 23.2 Å². The van der Waals surface area contributed by atoms with Crippen LogP contribution in [-0.4, -0.2) is 11.8 Å². The van der Waals surface area contributed by atoms with Gasteiger partial charge in [-0.15, -0.1) is 0 Å². The van der Waals surface area contributed by atoms with Crippen LogP contribution in [0.5, 0.6) is 0 Å². The molecule has 0 aliphatic heterocycles. The molecule has 0 radical (unpaired) electrons. The molecule has 0 fully saturated rings. The van der Waals surface area contributed by atoms with Gasteiger partial charge in [-0.25, -0.2) is 0 Å². The average molecular weight is 240 g/mol. The Bertz CT molecular complexity index is 181. The van der Waals surface area contributed by atoms with Crippen molar-refractivity contribution in [2.45, 2.75) is 15.9 Å². The third kappa shape index (κ3) is 3.26. The number of alkyl halides is 2. The Hall–Kier alpha value is 0.774. The normalized spacial score (nSPS) is 15.0. The number of rotatable bonds is 5. The molecule has 0 aromatic heterocycles. The van der Waals surface area contributed by atoms with E-state index in [1.54, 1.807) is 3.88 Å². The molecule has 0 aromatic carbocycles. The van der Waals surface area contributed by atoms with E-state index in [1.807, 2.05) is 0 Å². The van der Waals surface area contributed by atoms with Crippen LogP contribution in [-0.2, 0) is 17.9 Å². The fraction of sp³-hybridized carbons (Fsp3) is 0.556. The summed E-state index contributed by atoms with van der Waals surface area (Å²) < 4.78 is 4.11. The van der Waals surface area contributed by atoms with Gasteiger partial charge in [-0.2, -0.15) is 0 Å². The fourth-order valence-corrected chi connectivity index (χ4v) is 6.52. The van der Waals surface area contributed by atoms with E-state index in [9.17, 15) is 0 Å². The van der Waals surface area contributed by atoms with Gasteiger partial charge in [0, 0.05) is 0 Å². The maximum atomic E-state index is 5.76. The van der Waals surface area contributed by atoms with Crippen LogP contribution >= 0.6 is 23.2 Å². The second kappa shape index (κ2) is 6.26. The maximum absolute atomic E-state index is 5.76. The first kappa shape index (κ1) is 10.9. The Labute approximate surface area is 90.5 Å². The molecular weight excluding hydrogens is 227 g/mol. The zero-order valence-corrected chi connectivity index (χ0v) is 10.1. The summed E-state index contributed by atoms with van der Waals surface area (Å²) >= 11 is 10.5. The monoisotopic (exact) mass is 239 g/mol. The fourth-order valence-electron chi connectivity index (χ4n) is 1.38. The van der Waals surface area contributed by atoms with E-state index in [2.05, 4.69) is 18.2 Å². The number of hydrogen-bond donors (Lipinski definition) is 0. The van der Waals surface area contributed by atoms with Crippen molar-refractivity contribution in [1.82, 2.24) is 0 Å². The third-order valence-corrected chi connectivity index (χ3v) is 8.05. The second-order valence-electron chi connectivity index (χ2n) is 2.81.